The summed E-state index contributed by atoms with van der Waals surface area (Å²) in [6.07, 6.45) is -0.388. The molecule has 8 aromatic carbocycles. The van der Waals surface area contributed by atoms with Gasteiger partial charge in [0.05, 0.1) is 22.0 Å². The minimum Gasteiger partial charge on any atom is -0.455 e. The van der Waals surface area contributed by atoms with Gasteiger partial charge in [0, 0.05) is 47.6 Å². The lowest BCUT2D eigenvalue weighted by Gasteiger charge is -2.24. The fourth-order valence-electron chi connectivity index (χ4n) is 8.64. The van der Waals surface area contributed by atoms with Gasteiger partial charge in [-0.1, -0.05) is 127 Å². The molecule has 0 aliphatic carbocycles. The number of rotatable bonds is 5. The van der Waals surface area contributed by atoms with E-state index in [0.29, 0.717) is 5.84 Å². The fraction of sp³-hybridized carbons (Fsp3) is 0.0196. The van der Waals surface area contributed by atoms with Crippen LogP contribution in [0.3, 0.4) is 0 Å². The van der Waals surface area contributed by atoms with Crippen LogP contribution in [-0.4, -0.2) is 16.2 Å². The van der Waals surface area contributed by atoms with Gasteiger partial charge in [-0.2, -0.15) is 0 Å². The Hall–Kier alpha value is -7.28. The smallest absolute Gasteiger partial charge is 0.163 e. The van der Waals surface area contributed by atoms with E-state index in [-0.39, 0.29) is 6.17 Å². The van der Waals surface area contributed by atoms with E-state index >= 15 is 0 Å². The highest BCUT2D eigenvalue weighted by atomic mass is 32.1. The minimum absolute atomic E-state index is 0.388. The van der Waals surface area contributed by atoms with Gasteiger partial charge in [-0.3, -0.25) is 0 Å². The molecule has 268 valence electrons. The zero-order chi connectivity index (χ0) is 37.5. The van der Waals surface area contributed by atoms with Crippen molar-refractivity contribution in [1.82, 2.24) is 9.88 Å². The summed E-state index contributed by atoms with van der Waals surface area (Å²) in [6, 6.07) is 64.3. The quantitative estimate of drug-likeness (QED) is 0.191. The highest BCUT2D eigenvalue weighted by Crippen LogP contribution is 2.42. The molecule has 3 aromatic heterocycles. The Bertz CT molecular complexity index is 3450. The van der Waals surface area contributed by atoms with Crippen LogP contribution in [0, 0.1) is 0 Å². The molecule has 0 spiro atoms. The van der Waals surface area contributed by atoms with Crippen molar-refractivity contribution in [3.05, 3.63) is 199 Å². The Labute approximate surface area is 331 Å². The lowest BCUT2D eigenvalue weighted by Crippen LogP contribution is -2.33. The number of aliphatic imine (C=N–C) groups is 2. The van der Waals surface area contributed by atoms with E-state index in [9.17, 15) is 0 Å². The maximum atomic E-state index is 6.90. The molecular formula is C51H32N4OS. The number of hydrogen-bond donors (Lipinski definition) is 1. The van der Waals surface area contributed by atoms with Crippen LogP contribution in [-0.2, 0) is 0 Å². The van der Waals surface area contributed by atoms with Crippen LogP contribution >= 0.6 is 11.3 Å². The maximum absolute atomic E-state index is 6.90. The molecule has 0 bridgehead atoms. The lowest BCUT2D eigenvalue weighted by atomic mass is 10.0. The van der Waals surface area contributed by atoms with E-state index in [1.54, 1.807) is 0 Å². The monoisotopic (exact) mass is 748 g/mol. The van der Waals surface area contributed by atoms with Crippen LogP contribution in [0.25, 0.3) is 80.7 Å². The van der Waals surface area contributed by atoms with Crippen molar-refractivity contribution in [3.8, 4) is 16.8 Å². The molecule has 1 unspecified atom stereocenters. The third-order valence-corrected chi connectivity index (χ3v) is 12.4. The zero-order valence-corrected chi connectivity index (χ0v) is 31.4. The van der Waals surface area contributed by atoms with Gasteiger partial charge in [-0.05, 0) is 71.3 Å². The Morgan fingerprint density at radius 2 is 1.26 bits per heavy atom. The van der Waals surface area contributed by atoms with Crippen LogP contribution in [0.2, 0.25) is 0 Å². The average molecular weight is 749 g/mol. The molecular weight excluding hydrogens is 717 g/mol. The normalized spacial score (nSPS) is 14.5. The van der Waals surface area contributed by atoms with Crippen molar-refractivity contribution in [2.24, 2.45) is 9.98 Å². The van der Waals surface area contributed by atoms with Gasteiger partial charge < -0.3 is 14.3 Å². The molecule has 0 fully saturated rings. The topological polar surface area (TPSA) is 54.8 Å². The van der Waals surface area contributed by atoms with Crippen LogP contribution < -0.4 is 5.32 Å². The Kier molecular flexibility index (Phi) is 7.09. The molecule has 1 N–H and O–H groups in total. The first-order valence-electron chi connectivity index (χ1n) is 19.2. The van der Waals surface area contributed by atoms with Gasteiger partial charge in [-0.25, -0.2) is 9.98 Å². The average Bonchev–Trinajstić information content (AvgIpc) is 3.96. The molecule has 1 aliphatic rings. The number of amidine groups is 2. The van der Waals surface area contributed by atoms with E-state index < -0.39 is 0 Å². The summed E-state index contributed by atoms with van der Waals surface area (Å²) in [5.74, 6) is 1.40. The number of thiophene rings is 1. The number of furan rings is 1. The summed E-state index contributed by atoms with van der Waals surface area (Å²) in [5, 5.41) is 10.8. The van der Waals surface area contributed by atoms with E-state index in [4.69, 9.17) is 14.4 Å². The zero-order valence-electron chi connectivity index (χ0n) is 30.6. The lowest BCUT2D eigenvalue weighted by molar-refractivity contribution is 0.663. The number of benzene rings is 8. The summed E-state index contributed by atoms with van der Waals surface area (Å²) < 4.78 is 11.8. The molecule has 1 aliphatic heterocycles. The summed E-state index contributed by atoms with van der Waals surface area (Å²) in [5.41, 5.74) is 10.2. The summed E-state index contributed by atoms with van der Waals surface area (Å²) in [6.45, 7) is 0. The van der Waals surface area contributed by atoms with Crippen LogP contribution in [0.1, 0.15) is 22.9 Å². The van der Waals surface area contributed by atoms with Gasteiger partial charge in [0.15, 0.2) is 5.84 Å². The van der Waals surface area contributed by atoms with E-state index in [2.05, 4.69) is 186 Å². The van der Waals surface area contributed by atoms with E-state index in [0.717, 1.165) is 72.3 Å². The first-order valence-corrected chi connectivity index (χ1v) is 20.0. The molecule has 0 radical (unpaired) electrons. The van der Waals surface area contributed by atoms with Gasteiger partial charge >= 0.3 is 0 Å². The molecule has 5 nitrogen and oxygen atoms in total. The van der Waals surface area contributed by atoms with Crippen molar-refractivity contribution in [2.45, 2.75) is 6.17 Å². The molecule has 12 rings (SSSR count). The second-order valence-electron chi connectivity index (χ2n) is 14.6. The summed E-state index contributed by atoms with van der Waals surface area (Å²) in [4.78, 5) is 10.7. The second-order valence-corrected chi connectivity index (χ2v) is 15.7. The molecule has 0 saturated carbocycles. The molecule has 6 heteroatoms. The fourth-order valence-corrected chi connectivity index (χ4v) is 9.78. The molecule has 11 aromatic rings. The molecule has 1 atom stereocenters. The van der Waals surface area contributed by atoms with Gasteiger partial charge in [-0.15, -0.1) is 11.3 Å². The highest BCUT2D eigenvalue weighted by molar-refractivity contribution is 7.25. The van der Waals surface area contributed by atoms with Crippen molar-refractivity contribution in [1.29, 1.82) is 0 Å². The van der Waals surface area contributed by atoms with E-state index in [1.807, 2.05) is 17.4 Å². The molecule has 0 amide bonds. The Balaban J connectivity index is 1.08. The van der Waals surface area contributed by atoms with E-state index in [1.165, 1.54) is 30.9 Å². The molecule has 4 heterocycles. The van der Waals surface area contributed by atoms with Crippen LogP contribution in [0.4, 0.5) is 0 Å². The highest BCUT2D eigenvalue weighted by Gasteiger charge is 2.26. The summed E-state index contributed by atoms with van der Waals surface area (Å²) in [7, 11) is 0. The first-order chi connectivity index (χ1) is 28.2. The van der Waals surface area contributed by atoms with Gasteiger partial charge in [0.2, 0.25) is 0 Å². The van der Waals surface area contributed by atoms with Gasteiger partial charge in [0.1, 0.15) is 23.2 Å². The van der Waals surface area contributed by atoms with Crippen LogP contribution in [0.5, 0.6) is 0 Å². The Morgan fingerprint density at radius 3 is 2.16 bits per heavy atom. The number of hydrogen-bond acceptors (Lipinski definition) is 5. The van der Waals surface area contributed by atoms with Crippen molar-refractivity contribution in [2.75, 3.05) is 0 Å². The number of para-hydroxylation sites is 3. The standard InChI is InChI=1S/C51H32N4OS/c1-3-13-31(14-4-1)32-15-11-16-33(29-32)49-52-50(34-25-26-38-37-20-8-10-24-44(37)57-45(38)30-34)54-51(53-49)41-22-12-21-40-46-43(56-48(40)41)28-27-39-36-19-7-9-23-42(36)55(47(39)46)35-17-5-2-6-18-35/h1-30,49H,(H,52,53,54). The second kappa shape index (κ2) is 12.6. The van der Waals surface area contributed by atoms with Gasteiger partial charge in [0.25, 0.3) is 0 Å². The Morgan fingerprint density at radius 1 is 0.544 bits per heavy atom. The van der Waals surface area contributed by atoms with Crippen molar-refractivity contribution >= 4 is 86.9 Å². The summed E-state index contributed by atoms with van der Waals surface area (Å²) >= 11 is 1.81. The van der Waals surface area contributed by atoms with Crippen LogP contribution in [0.15, 0.2) is 196 Å². The third-order valence-electron chi connectivity index (χ3n) is 11.3. The molecule has 0 saturated heterocycles. The third kappa shape index (κ3) is 5.08. The predicted molar refractivity (Wildman–Crippen MR) is 238 cm³/mol. The number of fused-ring (bicyclic) bond motifs is 10. The maximum Gasteiger partial charge on any atom is 0.163 e. The van der Waals surface area contributed by atoms with Crippen molar-refractivity contribution < 1.29 is 4.42 Å². The predicted octanol–water partition coefficient (Wildman–Crippen LogP) is 13.2. The minimum atomic E-state index is -0.388. The SMILES string of the molecule is c1ccc(-c2cccc(C3N=C(c4cccc5c4oc4ccc6c7ccccc7n(-c7ccccc7)c6c45)N=C(c4ccc5c(c4)sc4ccccc45)N3)c2)cc1. The first kappa shape index (κ1) is 32.0. The largest absolute Gasteiger partial charge is 0.455 e. The number of nitrogens with zero attached hydrogens (tertiary/aromatic N) is 3. The number of nitrogens with one attached hydrogen (secondary N) is 1. The number of aromatic nitrogens is 1. The van der Waals surface area contributed by atoms with Crippen molar-refractivity contribution in [3.63, 3.8) is 0 Å². The molecule has 57 heavy (non-hydrogen) atoms.